The maximum absolute atomic E-state index is 12.8. The van der Waals surface area contributed by atoms with Crippen molar-refractivity contribution in [1.29, 1.82) is 0 Å². The zero-order chi connectivity index (χ0) is 28.5. The Morgan fingerprint density at radius 1 is 1.05 bits per heavy atom. The van der Waals surface area contributed by atoms with Crippen LogP contribution in [0.15, 0.2) is 48.7 Å². The van der Waals surface area contributed by atoms with Crippen molar-refractivity contribution in [2.24, 2.45) is 0 Å². The van der Waals surface area contributed by atoms with Crippen LogP contribution in [0, 0.1) is 13.8 Å². The molecule has 0 unspecified atom stereocenters. The van der Waals surface area contributed by atoms with Gasteiger partial charge in [-0.1, -0.05) is 23.7 Å². The number of carbonyl (C=O) groups is 2. The standard InChI is InChI=1S/C29H35ClN6O4/c1-19-15-24(27(17-23(19)30)39-13-12-36-10-8-32-9-11-36)35-29(38)34-18-21-4-5-26(20(2)14-21)40-22-6-7-33-25(16-22)28(37)31-3/h4-7,14-17,32H,8-13,18H2,1-3H3,(H,31,37)(H2,34,35,38). The molecule has 4 N–H and O–H groups in total. The third-order valence-electron chi connectivity index (χ3n) is 6.50. The molecule has 0 spiro atoms. The van der Waals surface area contributed by atoms with Gasteiger partial charge in [0.1, 0.15) is 29.5 Å². The molecule has 1 fully saturated rings. The first kappa shape index (κ1) is 29.1. The van der Waals surface area contributed by atoms with E-state index in [1.807, 2.05) is 38.1 Å². The number of piperazine rings is 1. The number of benzene rings is 2. The second kappa shape index (κ2) is 14.0. The Morgan fingerprint density at radius 2 is 1.85 bits per heavy atom. The third kappa shape index (κ3) is 8.08. The number of nitrogens with zero attached hydrogens (tertiary/aromatic N) is 2. The molecule has 1 aromatic heterocycles. The molecule has 0 radical (unpaired) electrons. The van der Waals surface area contributed by atoms with E-state index in [-0.39, 0.29) is 17.6 Å². The van der Waals surface area contributed by atoms with Gasteiger partial charge in [0, 0.05) is 69.7 Å². The summed E-state index contributed by atoms with van der Waals surface area (Å²) in [4.78, 5) is 31.0. The minimum Gasteiger partial charge on any atom is -0.490 e. The number of urea groups is 1. The van der Waals surface area contributed by atoms with Crippen molar-refractivity contribution in [3.63, 3.8) is 0 Å². The van der Waals surface area contributed by atoms with Crippen molar-refractivity contribution in [3.8, 4) is 17.2 Å². The fourth-order valence-corrected chi connectivity index (χ4v) is 4.39. The van der Waals surface area contributed by atoms with Crippen molar-refractivity contribution < 1.29 is 19.1 Å². The SMILES string of the molecule is CNC(=O)c1cc(Oc2ccc(CNC(=O)Nc3cc(C)c(Cl)cc3OCCN3CCNCC3)cc2C)ccn1. The van der Waals surface area contributed by atoms with Crippen molar-refractivity contribution >= 4 is 29.2 Å². The van der Waals surface area contributed by atoms with Crippen LogP contribution in [0.3, 0.4) is 0 Å². The molecule has 0 atom stereocenters. The normalized spacial score (nSPS) is 13.4. The fraction of sp³-hybridized carbons (Fsp3) is 0.345. The first-order chi connectivity index (χ1) is 19.3. The van der Waals surface area contributed by atoms with E-state index in [4.69, 9.17) is 21.1 Å². The van der Waals surface area contributed by atoms with Crippen LogP contribution in [-0.4, -0.2) is 68.2 Å². The minimum absolute atomic E-state index is 0.272. The molecule has 3 amide bonds. The summed E-state index contributed by atoms with van der Waals surface area (Å²) in [5.41, 5.74) is 3.46. The van der Waals surface area contributed by atoms with Gasteiger partial charge in [-0.3, -0.25) is 14.7 Å². The largest absolute Gasteiger partial charge is 0.490 e. The van der Waals surface area contributed by atoms with Crippen LogP contribution < -0.4 is 30.7 Å². The van der Waals surface area contributed by atoms with Gasteiger partial charge in [-0.15, -0.1) is 0 Å². The minimum atomic E-state index is -0.356. The topological polar surface area (TPSA) is 117 Å². The highest BCUT2D eigenvalue weighted by Gasteiger charge is 2.14. The van der Waals surface area contributed by atoms with Crippen LogP contribution >= 0.6 is 11.6 Å². The van der Waals surface area contributed by atoms with Gasteiger partial charge in [0.05, 0.1) is 5.69 Å². The number of rotatable bonds is 10. The Labute approximate surface area is 239 Å². The molecular weight excluding hydrogens is 532 g/mol. The van der Waals surface area contributed by atoms with Gasteiger partial charge in [-0.05, 0) is 48.7 Å². The Morgan fingerprint density at radius 3 is 2.60 bits per heavy atom. The zero-order valence-corrected chi connectivity index (χ0v) is 23.7. The quantitative estimate of drug-likeness (QED) is 0.292. The number of carbonyl (C=O) groups excluding carboxylic acids is 2. The third-order valence-corrected chi connectivity index (χ3v) is 6.90. The lowest BCUT2D eigenvalue weighted by molar-refractivity contribution is 0.0957. The highest BCUT2D eigenvalue weighted by Crippen LogP contribution is 2.31. The molecule has 0 aliphatic carbocycles. The number of hydrogen-bond donors (Lipinski definition) is 4. The molecule has 2 aromatic carbocycles. The van der Waals surface area contributed by atoms with Crippen LogP contribution in [0.1, 0.15) is 27.2 Å². The van der Waals surface area contributed by atoms with E-state index < -0.39 is 0 Å². The molecule has 11 heteroatoms. The monoisotopic (exact) mass is 566 g/mol. The Bertz CT molecular complexity index is 1350. The molecule has 1 saturated heterocycles. The molecule has 2 heterocycles. The number of nitrogens with one attached hydrogen (secondary N) is 4. The Balaban J connectivity index is 1.33. The lowest BCUT2D eigenvalue weighted by Gasteiger charge is -2.27. The molecule has 40 heavy (non-hydrogen) atoms. The van der Waals surface area contributed by atoms with Gasteiger partial charge in [0.25, 0.3) is 5.91 Å². The number of halogens is 1. The van der Waals surface area contributed by atoms with E-state index in [0.717, 1.165) is 49.4 Å². The number of anilines is 1. The number of ether oxygens (including phenoxy) is 2. The molecule has 1 aliphatic rings. The highest BCUT2D eigenvalue weighted by atomic mass is 35.5. The predicted octanol–water partition coefficient (Wildman–Crippen LogP) is 4.11. The van der Waals surface area contributed by atoms with Gasteiger partial charge in [0.15, 0.2) is 0 Å². The molecule has 1 aliphatic heterocycles. The highest BCUT2D eigenvalue weighted by molar-refractivity contribution is 6.31. The number of aromatic nitrogens is 1. The summed E-state index contributed by atoms with van der Waals surface area (Å²) in [6, 6.07) is 12.1. The van der Waals surface area contributed by atoms with Crippen molar-refractivity contribution in [2.75, 3.05) is 51.7 Å². The van der Waals surface area contributed by atoms with Crippen LogP contribution in [0.5, 0.6) is 17.2 Å². The first-order valence-electron chi connectivity index (χ1n) is 13.2. The number of aryl methyl sites for hydroxylation is 2. The average Bonchev–Trinajstić information content (AvgIpc) is 2.96. The van der Waals surface area contributed by atoms with E-state index in [9.17, 15) is 9.59 Å². The molecule has 10 nitrogen and oxygen atoms in total. The van der Waals surface area contributed by atoms with Crippen molar-refractivity contribution in [2.45, 2.75) is 20.4 Å². The summed E-state index contributed by atoms with van der Waals surface area (Å²) < 4.78 is 12.0. The van der Waals surface area contributed by atoms with Crippen LogP contribution in [0.4, 0.5) is 10.5 Å². The summed E-state index contributed by atoms with van der Waals surface area (Å²) in [6.45, 7) is 9.33. The van der Waals surface area contributed by atoms with E-state index >= 15 is 0 Å². The molecule has 0 saturated carbocycles. The van der Waals surface area contributed by atoms with Gasteiger partial charge in [-0.25, -0.2) is 4.79 Å². The summed E-state index contributed by atoms with van der Waals surface area (Å²) in [6.07, 6.45) is 1.52. The number of amides is 3. The van der Waals surface area contributed by atoms with Gasteiger partial charge in [0.2, 0.25) is 0 Å². The molecule has 4 rings (SSSR count). The average molecular weight is 567 g/mol. The van der Waals surface area contributed by atoms with E-state index in [1.54, 1.807) is 25.2 Å². The van der Waals surface area contributed by atoms with E-state index in [0.29, 0.717) is 41.1 Å². The van der Waals surface area contributed by atoms with Gasteiger partial charge >= 0.3 is 6.03 Å². The summed E-state index contributed by atoms with van der Waals surface area (Å²) in [5.74, 6) is 1.39. The van der Waals surface area contributed by atoms with Crippen molar-refractivity contribution in [3.05, 3.63) is 76.1 Å². The lowest BCUT2D eigenvalue weighted by Crippen LogP contribution is -2.44. The van der Waals surface area contributed by atoms with E-state index in [2.05, 4.69) is 31.2 Å². The Hall–Kier alpha value is -3.86. The first-order valence-corrected chi connectivity index (χ1v) is 13.6. The fourth-order valence-electron chi connectivity index (χ4n) is 4.24. The zero-order valence-electron chi connectivity index (χ0n) is 23.0. The number of hydrogen-bond acceptors (Lipinski definition) is 7. The summed E-state index contributed by atoms with van der Waals surface area (Å²) in [5, 5.41) is 12.3. The van der Waals surface area contributed by atoms with Gasteiger partial charge in [-0.2, -0.15) is 0 Å². The maximum Gasteiger partial charge on any atom is 0.319 e. The van der Waals surface area contributed by atoms with Crippen LogP contribution in [0.25, 0.3) is 0 Å². The lowest BCUT2D eigenvalue weighted by atomic mass is 10.1. The smallest absolute Gasteiger partial charge is 0.319 e. The molecular formula is C29H35ClN6O4. The molecule has 0 bridgehead atoms. The van der Waals surface area contributed by atoms with Gasteiger partial charge < -0.3 is 30.7 Å². The summed E-state index contributed by atoms with van der Waals surface area (Å²) >= 11 is 6.34. The summed E-state index contributed by atoms with van der Waals surface area (Å²) in [7, 11) is 1.55. The van der Waals surface area contributed by atoms with Crippen LogP contribution in [-0.2, 0) is 6.54 Å². The van der Waals surface area contributed by atoms with E-state index in [1.165, 1.54) is 6.20 Å². The van der Waals surface area contributed by atoms with Crippen molar-refractivity contribution in [1.82, 2.24) is 25.8 Å². The Kier molecular flexibility index (Phi) is 10.2. The number of pyridine rings is 1. The molecule has 3 aromatic rings. The second-order valence-electron chi connectivity index (χ2n) is 9.50. The maximum atomic E-state index is 12.8. The van der Waals surface area contributed by atoms with Crippen LogP contribution in [0.2, 0.25) is 5.02 Å². The molecule has 212 valence electrons. The predicted molar refractivity (Wildman–Crippen MR) is 156 cm³/mol. The second-order valence-corrected chi connectivity index (χ2v) is 9.91.